The van der Waals surface area contributed by atoms with E-state index in [0.29, 0.717) is 23.0 Å². The largest absolute Gasteiger partial charge is 0.317 e. The van der Waals surface area contributed by atoms with Crippen LogP contribution in [0.25, 0.3) is 0 Å². The minimum absolute atomic E-state index is 0. The standard InChI is InChI=1S/C16H18N6O.ClH/c1-22-16(19-14(21-22)12-6-8-18-9-7-12)20-15(23)13-4-2-11(10-17)3-5-13;/h2-5,12,18H,6-9H2,1H3,(H,19,20,21,23);1H. The summed E-state index contributed by atoms with van der Waals surface area (Å²) in [5.74, 6) is 1.29. The molecule has 0 atom stereocenters. The lowest BCUT2D eigenvalue weighted by Crippen LogP contribution is -2.27. The summed E-state index contributed by atoms with van der Waals surface area (Å²) in [6.07, 6.45) is 2.01. The van der Waals surface area contributed by atoms with Gasteiger partial charge in [0.05, 0.1) is 11.6 Å². The lowest BCUT2D eigenvalue weighted by molar-refractivity contribution is 0.102. The minimum Gasteiger partial charge on any atom is -0.317 e. The molecule has 0 spiro atoms. The summed E-state index contributed by atoms with van der Waals surface area (Å²) in [5.41, 5.74) is 1.00. The van der Waals surface area contributed by atoms with E-state index in [2.05, 4.69) is 20.7 Å². The molecular formula is C16H19ClN6O. The first-order chi connectivity index (χ1) is 11.2. The molecule has 126 valence electrons. The van der Waals surface area contributed by atoms with Gasteiger partial charge in [0, 0.05) is 18.5 Å². The van der Waals surface area contributed by atoms with Crippen molar-refractivity contribution in [3.63, 3.8) is 0 Å². The van der Waals surface area contributed by atoms with Crippen LogP contribution in [0.1, 0.15) is 40.5 Å². The maximum absolute atomic E-state index is 12.3. The number of hydrogen-bond donors (Lipinski definition) is 2. The Labute approximate surface area is 146 Å². The van der Waals surface area contributed by atoms with Crippen LogP contribution >= 0.6 is 12.4 Å². The number of amides is 1. The lowest BCUT2D eigenvalue weighted by atomic mass is 9.98. The average molecular weight is 347 g/mol. The molecule has 1 saturated heterocycles. The molecule has 0 unspecified atom stereocenters. The zero-order valence-corrected chi connectivity index (χ0v) is 14.1. The van der Waals surface area contributed by atoms with Crippen molar-refractivity contribution in [2.45, 2.75) is 18.8 Å². The molecular weight excluding hydrogens is 328 g/mol. The molecule has 3 rings (SSSR count). The minimum atomic E-state index is -0.262. The average Bonchev–Trinajstić information content (AvgIpc) is 2.96. The smallest absolute Gasteiger partial charge is 0.258 e. The molecule has 1 aliphatic heterocycles. The molecule has 2 aromatic rings. The maximum atomic E-state index is 12.3. The third-order valence-corrected chi connectivity index (χ3v) is 3.99. The molecule has 1 aromatic heterocycles. The highest BCUT2D eigenvalue weighted by Crippen LogP contribution is 2.23. The summed E-state index contributed by atoms with van der Waals surface area (Å²) < 4.78 is 1.60. The topological polar surface area (TPSA) is 95.6 Å². The van der Waals surface area contributed by atoms with Gasteiger partial charge in [0.15, 0.2) is 5.82 Å². The molecule has 24 heavy (non-hydrogen) atoms. The molecule has 7 nitrogen and oxygen atoms in total. The van der Waals surface area contributed by atoms with E-state index in [1.165, 1.54) is 0 Å². The highest BCUT2D eigenvalue weighted by Gasteiger charge is 2.21. The van der Waals surface area contributed by atoms with E-state index < -0.39 is 0 Å². The number of carbonyl (C=O) groups is 1. The van der Waals surface area contributed by atoms with E-state index in [-0.39, 0.29) is 18.3 Å². The Bertz CT molecular complexity index is 743. The predicted molar refractivity (Wildman–Crippen MR) is 92.2 cm³/mol. The van der Waals surface area contributed by atoms with Crippen molar-refractivity contribution in [1.82, 2.24) is 20.1 Å². The summed E-state index contributed by atoms with van der Waals surface area (Å²) >= 11 is 0. The van der Waals surface area contributed by atoms with Crippen LogP contribution in [0.5, 0.6) is 0 Å². The molecule has 0 radical (unpaired) electrons. The van der Waals surface area contributed by atoms with Gasteiger partial charge in [0.2, 0.25) is 5.95 Å². The van der Waals surface area contributed by atoms with Crippen LogP contribution in [-0.4, -0.2) is 33.8 Å². The third kappa shape index (κ3) is 3.91. The quantitative estimate of drug-likeness (QED) is 0.883. The molecule has 0 bridgehead atoms. The summed E-state index contributed by atoms with van der Waals surface area (Å²) in [7, 11) is 1.77. The fourth-order valence-corrected chi connectivity index (χ4v) is 2.64. The van der Waals surface area contributed by atoms with Crippen LogP contribution in [0.3, 0.4) is 0 Å². The highest BCUT2D eigenvalue weighted by molar-refractivity contribution is 6.03. The first kappa shape index (κ1) is 17.9. The van der Waals surface area contributed by atoms with Crippen LogP contribution in [0, 0.1) is 11.3 Å². The molecule has 2 N–H and O–H groups in total. The number of aromatic nitrogens is 3. The number of rotatable bonds is 3. The molecule has 2 heterocycles. The predicted octanol–water partition coefficient (Wildman–Crippen LogP) is 1.83. The number of piperidine rings is 1. The van der Waals surface area contributed by atoms with E-state index in [4.69, 9.17) is 5.26 Å². The summed E-state index contributed by atoms with van der Waals surface area (Å²) in [4.78, 5) is 16.7. The van der Waals surface area contributed by atoms with E-state index in [1.807, 2.05) is 6.07 Å². The van der Waals surface area contributed by atoms with Gasteiger partial charge in [0.1, 0.15) is 0 Å². The van der Waals surface area contributed by atoms with Crippen LogP contribution in [0.2, 0.25) is 0 Å². The summed E-state index contributed by atoms with van der Waals surface area (Å²) in [5, 5.41) is 19.3. The Morgan fingerprint density at radius 1 is 1.33 bits per heavy atom. The van der Waals surface area contributed by atoms with Crippen LogP contribution in [0.4, 0.5) is 5.95 Å². The van der Waals surface area contributed by atoms with E-state index in [1.54, 1.807) is 36.0 Å². The van der Waals surface area contributed by atoms with Gasteiger partial charge in [0.25, 0.3) is 5.91 Å². The highest BCUT2D eigenvalue weighted by atomic mass is 35.5. The number of benzene rings is 1. The number of nitrogens with one attached hydrogen (secondary N) is 2. The SMILES string of the molecule is Cl.Cn1nc(C2CCNCC2)nc1NC(=O)c1ccc(C#N)cc1. The van der Waals surface area contributed by atoms with Gasteiger partial charge in [-0.15, -0.1) is 12.4 Å². The fourth-order valence-electron chi connectivity index (χ4n) is 2.64. The van der Waals surface area contributed by atoms with Gasteiger partial charge in [-0.1, -0.05) is 0 Å². The summed E-state index contributed by atoms with van der Waals surface area (Å²) in [6.45, 7) is 1.94. The number of carbonyl (C=O) groups excluding carboxylic acids is 1. The Kier molecular flexibility index (Phi) is 5.90. The Morgan fingerprint density at radius 2 is 2.00 bits per heavy atom. The van der Waals surface area contributed by atoms with Gasteiger partial charge < -0.3 is 5.32 Å². The molecule has 0 saturated carbocycles. The van der Waals surface area contributed by atoms with Crippen molar-refractivity contribution < 1.29 is 4.79 Å². The molecule has 1 fully saturated rings. The monoisotopic (exact) mass is 346 g/mol. The van der Waals surface area contributed by atoms with E-state index in [9.17, 15) is 4.79 Å². The number of anilines is 1. The molecule has 0 aliphatic carbocycles. The summed E-state index contributed by atoms with van der Waals surface area (Å²) in [6, 6.07) is 8.51. The Hall–Kier alpha value is -2.43. The zero-order chi connectivity index (χ0) is 16.2. The van der Waals surface area contributed by atoms with Crippen LogP contribution in [0.15, 0.2) is 24.3 Å². The van der Waals surface area contributed by atoms with Crippen molar-refractivity contribution in [2.24, 2.45) is 7.05 Å². The van der Waals surface area contributed by atoms with Crippen LogP contribution in [-0.2, 0) is 7.05 Å². The van der Waals surface area contributed by atoms with Crippen molar-refractivity contribution in [3.05, 3.63) is 41.2 Å². The lowest BCUT2D eigenvalue weighted by Gasteiger charge is -2.19. The van der Waals surface area contributed by atoms with E-state index in [0.717, 1.165) is 31.8 Å². The second-order valence-corrected chi connectivity index (χ2v) is 5.58. The Balaban J connectivity index is 0.00000208. The van der Waals surface area contributed by atoms with Gasteiger partial charge in [-0.25, -0.2) is 4.68 Å². The first-order valence-corrected chi connectivity index (χ1v) is 7.60. The van der Waals surface area contributed by atoms with Gasteiger partial charge in [-0.3, -0.25) is 10.1 Å². The maximum Gasteiger partial charge on any atom is 0.258 e. The van der Waals surface area contributed by atoms with Gasteiger partial charge in [-0.2, -0.15) is 15.3 Å². The molecule has 1 aromatic carbocycles. The van der Waals surface area contributed by atoms with Crippen molar-refractivity contribution >= 4 is 24.3 Å². The number of nitriles is 1. The van der Waals surface area contributed by atoms with Crippen LogP contribution < -0.4 is 10.6 Å². The number of nitrogens with zero attached hydrogens (tertiary/aromatic N) is 4. The number of hydrogen-bond acceptors (Lipinski definition) is 5. The molecule has 8 heteroatoms. The Morgan fingerprint density at radius 3 is 2.62 bits per heavy atom. The zero-order valence-electron chi connectivity index (χ0n) is 13.3. The molecule has 1 amide bonds. The molecule has 1 aliphatic rings. The fraction of sp³-hybridized carbons (Fsp3) is 0.375. The second kappa shape index (κ2) is 7.90. The normalized spacial score (nSPS) is 14.5. The number of halogens is 1. The van der Waals surface area contributed by atoms with Gasteiger partial charge >= 0.3 is 0 Å². The number of aryl methyl sites for hydroxylation is 1. The second-order valence-electron chi connectivity index (χ2n) is 5.58. The van der Waals surface area contributed by atoms with Crippen molar-refractivity contribution in [2.75, 3.05) is 18.4 Å². The first-order valence-electron chi connectivity index (χ1n) is 7.60. The van der Waals surface area contributed by atoms with Gasteiger partial charge in [-0.05, 0) is 50.2 Å². The van der Waals surface area contributed by atoms with E-state index >= 15 is 0 Å². The van der Waals surface area contributed by atoms with Crippen molar-refractivity contribution in [3.8, 4) is 6.07 Å². The van der Waals surface area contributed by atoms with Crippen molar-refractivity contribution in [1.29, 1.82) is 5.26 Å². The third-order valence-electron chi connectivity index (χ3n) is 3.99.